The van der Waals surface area contributed by atoms with Crippen LogP contribution in [0.3, 0.4) is 0 Å². The zero-order chi connectivity index (χ0) is 13.2. The summed E-state index contributed by atoms with van der Waals surface area (Å²) in [5.74, 6) is 0. The molecule has 3 heteroatoms. The predicted octanol–water partition coefficient (Wildman–Crippen LogP) is 3.72. The van der Waals surface area contributed by atoms with Crippen LogP contribution in [0, 0.1) is 13.8 Å². The molecule has 0 saturated carbocycles. The first kappa shape index (κ1) is 12.8. The van der Waals surface area contributed by atoms with E-state index in [2.05, 4.69) is 42.7 Å². The van der Waals surface area contributed by atoms with E-state index in [9.17, 15) is 0 Å². The number of benzene rings is 1. The second-order valence-electron chi connectivity index (χ2n) is 5.44. The molecule has 1 unspecified atom stereocenters. The summed E-state index contributed by atoms with van der Waals surface area (Å²) in [7, 11) is 0. The molecule has 2 heterocycles. The fraction of sp³-hybridized carbons (Fsp3) is 0.438. The number of nitrogens with zero attached hydrogens (tertiary/aromatic N) is 1. The van der Waals surface area contributed by atoms with Crippen molar-refractivity contribution in [1.82, 2.24) is 10.3 Å². The molecule has 2 nitrogen and oxygen atoms in total. The molecule has 1 aromatic heterocycles. The van der Waals surface area contributed by atoms with E-state index in [-0.39, 0.29) is 0 Å². The Morgan fingerprint density at radius 3 is 3.00 bits per heavy atom. The minimum atomic E-state index is 0.637. The summed E-state index contributed by atoms with van der Waals surface area (Å²) in [6.07, 6.45) is 3.67. The van der Waals surface area contributed by atoms with Crippen molar-refractivity contribution in [3.8, 4) is 11.3 Å². The Kier molecular flexibility index (Phi) is 3.67. The van der Waals surface area contributed by atoms with Crippen LogP contribution in [0.4, 0.5) is 0 Å². The third kappa shape index (κ3) is 2.88. The average molecular weight is 272 g/mol. The maximum absolute atomic E-state index is 4.81. The molecule has 0 bridgehead atoms. The number of aromatic nitrogens is 1. The molecule has 0 amide bonds. The van der Waals surface area contributed by atoms with Gasteiger partial charge in [-0.3, -0.25) is 0 Å². The minimum absolute atomic E-state index is 0.637. The summed E-state index contributed by atoms with van der Waals surface area (Å²) in [6.45, 7) is 5.47. The Balaban J connectivity index is 1.80. The number of rotatable bonds is 3. The number of aryl methyl sites for hydroxylation is 2. The highest BCUT2D eigenvalue weighted by Crippen LogP contribution is 2.26. The Bertz CT molecular complexity index is 568. The van der Waals surface area contributed by atoms with E-state index in [1.807, 2.05) is 0 Å². The minimum Gasteiger partial charge on any atom is -0.314 e. The highest BCUT2D eigenvalue weighted by atomic mass is 32.1. The Morgan fingerprint density at radius 1 is 1.37 bits per heavy atom. The van der Waals surface area contributed by atoms with Crippen molar-refractivity contribution >= 4 is 11.3 Å². The van der Waals surface area contributed by atoms with Gasteiger partial charge in [-0.15, -0.1) is 11.3 Å². The van der Waals surface area contributed by atoms with Crippen LogP contribution in [-0.2, 0) is 6.42 Å². The van der Waals surface area contributed by atoms with Crippen molar-refractivity contribution in [1.29, 1.82) is 0 Å². The van der Waals surface area contributed by atoms with Gasteiger partial charge in [0.15, 0.2) is 0 Å². The summed E-state index contributed by atoms with van der Waals surface area (Å²) in [5.41, 5.74) is 5.03. The van der Waals surface area contributed by atoms with Crippen LogP contribution < -0.4 is 5.32 Å². The SMILES string of the molecule is Cc1ccc(-c2csc(CC3CCCN3)n2)c(C)c1. The Hall–Kier alpha value is -1.19. The second-order valence-corrected chi connectivity index (χ2v) is 6.38. The predicted molar refractivity (Wildman–Crippen MR) is 81.8 cm³/mol. The zero-order valence-corrected chi connectivity index (χ0v) is 12.4. The van der Waals surface area contributed by atoms with E-state index < -0.39 is 0 Å². The molecule has 1 aromatic carbocycles. The first-order valence-electron chi connectivity index (χ1n) is 6.98. The maximum atomic E-state index is 4.81. The number of hydrogen-bond acceptors (Lipinski definition) is 3. The van der Waals surface area contributed by atoms with Crippen molar-refractivity contribution in [2.45, 2.75) is 39.2 Å². The van der Waals surface area contributed by atoms with Crippen LogP contribution in [-0.4, -0.2) is 17.6 Å². The molecule has 2 aromatic rings. The van der Waals surface area contributed by atoms with Crippen LogP contribution in [0.1, 0.15) is 29.0 Å². The van der Waals surface area contributed by atoms with Crippen LogP contribution in [0.2, 0.25) is 0 Å². The highest BCUT2D eigenvalue weighted by molar-refractivity contribution is 7.09. The summed E-state index contributed by atoms with van der Waals surface area (Å²) >= 11 is 1.79. The van der Waals surface area contributed by atoms with E-state index in [4.69, 9.17) is 4.98 Å². The van der Waals surface area contributed by atoms with Crippen molar-refractivity contribution in [3.63, 3.8) is 0 Å². The van der Waals surface area contributed by atoms with Crippen molar-refractivity contribution < 1.29 is 0 Å². The molecule has 1 fully saturated rings. The molecule has 19 heavy (non-hydrogen) atoms. The van der Waals surface area contributed by atoms with Gasteiger partial charge in [-0.1, -0.05) is 23.8 Å². The lowest BCUT2D eigenvalue weighted by molar-refractivity contribution is 0.601. The van der Waals surface area contributed by atoms with Gasteiger partial charge in [0.05, 0.1) is 10.7 Å². The first-order valence-corrected chi connectivity index (χ1v) is 7.86. The van der Waals surface area contributed by atoms with Gasteiger partial charge < -0.3 is 5.32 Å². The van der Waals surface area contributed by atoms with Crippen molar-refractivity contribution in [3.05, 3.63) is 39.7 Å². The Labute approximate surface area is 118 Å². The summed E-state index contributed by atoms with van der Waals surface area (Å²) in [4.78, 5) is 4.81. The lowest BCUT2D eigenvalue weighted by Gasteiger charge is -2.06. The smallest absolute Gasteiger partial charge is 0.0948 e. The van der Waals surface area contributed by atoms with Crippen LogP contribution in [0.5, 0.6) is 0 Å². The van der Waals surface area contributed by atoms with Crippen LogP contribution in [0.15, 0.2) is 23.6 Å². The van der Waals surface area contributed by atoms with E-state index >= 15 is 0 Å². The largest absolute Gasteiger partial charge is 0.314 e. The standard InChI is InChI=1S/C16H20N2S/c1-11-5-6-14(12(2)8-11)15-10-19-16(18-15)9-13-4-3-7-17-13/h5-6,8,10,13,17H,3-4,7,9H2,1-2H3. The molecule has 0 radical (unpaired) electrons. The normalized spacial score (nSPS) is 18.9. The molecule has 0 aliphatic carbocycles. The molecule has 100 valence electrons. The van der Waals surface area contributed by atoms with Gasteiger partial charge in [-0.2, -0.15) is 0 Å². The summed E-state index contributed by atoms with van der Waals surface area (Å²) in [6, 6.07) is 7.22. The van der Waals surface area contributed by atoms with Gasteiger partial charge in [0.1, 0.15) is 0 Å². The number of thiazole rings is 1. The molecule has 1 aliphatic rings. The van der Waals surface area contributed by atoms with Gasteiger partial charge in [-0.25, -0.2) is 4.98 Å². The highest BCUT2D eigenvalue weighted by Gasteiger charge is 2.16. The summed E-state index contributed by atoms with van der Waals surface area (Å²) in [5, 5.41) is 6.99. The topological polar surface area (TPSA) is 24.9 Å². The monoisotopic (exact) mass is 272 g/mol. The third-order valence-electron chi connectivity index (χ3n) is 3.79. The van der Waals surface area contributed by atoms with E-state index in [1.54, 1.807) is 11.3 Å². The molecule has 1 atom stereocenters. The lowest BCUT2D eigenvalue weighted by Crippen LogP contribution is -2.23. The molecule has 3 rings (SSSR count). The van der Waals surface area contributed by atoms with Crippen LogP contribution >= 0.6 is 11.3 Å². The lowest BCUT2D eigenvalue weighted by atomic mass is 10.0. The van der Waals surface area contributed by atoms with Crippen molar-refractivity contribution in [2.24, 2.45) is 0 Å². The molecule has 1 N–H and O–H groups in total. The third-order valence-corrected chi connectivity index (χ3v) is 4.66. The van der Waals surface area contributed by atoms with Gasteiger partial charge in [0.25, 0.3) is 0 Å². The number of hydrogen-bond donors (Lipinski definition) is 1. The van der Waals surface area contributed by atoms with E-state index in [0.717, 1.165) is 12.1 Å². The molecule has 1 saturated heterocycles. The van der Waals surface area contributed by atoms with Gasteiger partial charge >= 0.3 is 0 Å². The van der Waals surface area contributed by atoms with E-state index in [0.29, 0.717) is 6.04 Å². The fourth-order valence-corrected chi connectivity index (χ4v) is 3.65. The zero-order valence-electron chi connectivity index (χ0n) is 11.6. The molecular formula is C16H20N2S. The van der Waals surface area contributed by atoms with Gasteiger partial charge in [-0.05, 0) is 38.8 Å². The molecule has 1 aliphatic heterocycles. The van der Waals surface area contributed by atoms with Gasteiger partial charge in [0, 0.05) is 23.4 Å². The molecular weight excluding hydrogens is 252 g/mol. The second kappa shape index (κ2) is 5.43. The first-order chi connectivity index (χ1) is 9.22. The van der Waals surface area contributed by atoms with Crippen molar-refractivity contribution in [2.75, 3.05) is 6.54 Å². The van der Waals surface area contributed by atoms with Crippen LogP contribution in [0.25, 0.3) is 11.3 Å². The quantitative estimate of drug-likeness (QED) is 0.921. The Morgan fingerprint density at radius 2 is 2.26 bits per heavy atom. The average Bonchev–Trinajstić information content (AvgIpc) is 3.01. The maximum Gasteiger partial charge on any atom is 0.0948 e. The summed E-state index contributed by atoms with van der Waals surface area (Å²) < 4.78 is 0. The number of nitrogens with one attached hydrogen (secondary N) is 1. The fourth-order valence-electron chi connectivity index (χ4n) is 2.77. The molecule has 0 spiro atoms. The van der Waals surface area contributed by atoms with Gasteiger partial charge in [0.2, 0.25) is 0 Å². The van der Waals surface area contributed by atoms with E-state index in [1.165, 1.54) is 41.1 Å².